The van der Waals surface area contributed by atoms with Crippen molar-refractivity contribution in [2.24, 2.45) is 0 Å². The smallest absolute Gasteiger partial charge is 0.411 e. The Bertz CT molecular complexity index is 1110. The third-order valence-corrected chi connectivity index (χ3v) is 5.17. The number of hydrogen-bond acceptors (Lipinski definition) is 3. The first kappa shape index (κ1) is 19.7. The molecule has 2 aromatic heterocycles. The molecule has 1 unspecified atom stereocenters. The average Bonchev–Trinajstić information content (AvgIpc) is 3.20. The van der Waals surface area contributed by atoms with Crippen LogP contribution >= 0.6 is 0 Å². The number of amides is 1. The van der Waals surface area contributed by atoms with Crippen LogP contribution in [0.3, 0.4) is 0 Å². The molecule has 0 aliphatic carbocycles. The van der Waals surface area contributed by atoms with Gasteiger partial charge in [-0.25, -0.2) is 4.79 Å². The Morgan fingerprint density at radius 2 is 1.87 bits per heavy atom. The second-order valence-electron chi connectivity index (χ2n) is 7.27. The zero-order chi connectivity index (χ0) is 20.8. The minimum Gasteiger partial charge on any atom is -0.444 e. The number of nitrogens with one attached hydrogen (secondary N) is 1. The summed E-state index contributed by atoms with van der Waals surface area (Å²) in [4.78, 5) is 16.3. The van der Waals surface area contributed by atoms with Gasteiger partial charge in [-0.05, 0) is 53.9 Å². The van der Waals surface area contributed by atoms with Crippen LogP contribution in [0.4, 0.5) is 10.5 Å². The fraction of sp³-hybridized carbons (Fsp3) is 0.200. The van der Waals surface area contributed by atoms with Crippen molar-refractivity contribution in [2.45, 2.75) is 32.4 Å². The molecule has 30 heavy (non-hydrogen) atoms. The first-order valence-electron chi connectivity index (χ1n) is 10.2. The van der Waals surface area contributed by atoms with Crippen molar-refractivity contribution in [3.63, 3.8) is 0 Å². The van der Waals surface area contributed by atoms with Crippen LogP contribution < -0.4 is 5.32 Å². The molecule has 4 rings (SSSR count). The number of nitrogens with zero attached hydrogens (tertiary/aromatic N) is 2. The number of ether oxygens (including phenoxy) is 1. The molecular formula is C25H25N3O2. The van der Waals surface area contributed by atoms with Crippen molar-refractivity contribution in [2.75, 3.05) is 5.32 Å². The molecule has 0 spiro atoms. The molecule has 5 nitrogen and oxygen atoms in total. The number of carbonyl (C=O) groups excluding carboxylic acids is 1. The van der Waals surface area contributed by atoms with E-state index in [4.69, 9.17) is 4.74 Å². The predicted molar refractivity (Wildman–Crippen MR) is 119 cm³/mol. The van der Waals surface area contributed by atoms with Crippen molar-refractivity contribution in [1.29, 1.82) is 0 Å². The van der Waals surface area contributed by atoms with Crippen LogP contribution in [0.1, 0.15) is 36.9 Å². The fourth-order valence-corrected chi connectivity index (χ4v) is 3.72. The Morgan fingerprint density at radius 1 is 1.07 bits per heavy atom. The molecule has 1 amide bonds. The zero-order valence-corrected chi connectivity index (χ0v) is 17.0. The second kappa shape index (κ2) is 9.27. The molecule has 0 bridgehead atoms. The maximum absolute atomic E-state index is 12.2. The highest BCUT2D eigenvalue weighted by molar-refractivity contribution is 5.90. The standard InChI is InChI=1S/C25H25N3O2/c1-2-6-23(20-11-14-26-15-12-20)28-16-13-21-17-22(9-10-24(21)28)27-25(29)30-18-19-7-4-3-5-8-19/h3-5,7-17,23H,2,6,18H2,1H3,(H,27,29). The van der Waals surface area contributed by atoms with E-state index >= 15 is 0 Å². The topological polar surface area (TPSA) is 56.2 Å². The van der Waals surface area contributed by atoms with Crippen molar-refractivity contribution in [1.82, 2.24) is 9.55 Å². The van der Waals surface area contributed by atoms with Crippen molar-refractivity contribution in [3.05, 3.63) is 96.4 Å². The van der Waals surface area contributed by atoms with Gasteiger partial charge in [0.15, 0.2) is 0 Å². The van der Waals surface area contributed by atoms with Crippen LogP contribution in [-0.2, 0) is 11.3 Å². The lowest BCUT2D eigenvalue weighted by Gasteiger charge is -2.20. The highest BCUT2D eigenvalue weighted by Crippen LogP contribution is 2.29. The molecule has 0 radical (unpaired) electrons. The molecule has 0 saturated carbocycles. The van der Waals surface area contributed by atoms with Gasteiger partial charge in [0, 0.05) is 35.2 Å². The Balaban J connectivity index is 1.49. The number of fused-ring (bicyclic) bond motifs is 1. The first-order valence-corrected chi connectivity index (χ1v) is 10.2. The minimum atomic E-state index is -0.460. The molecule has 0 fully saturated rings. The van der Waals surface area contributed by atoms with Gasteiger partial charge in [0.25, 0.3) is 0 Å². The molecule has 1 N–H and O–H groups in total. The summed E-state index contributed by atoms with van der Waals surface area (Å²) in [6, 6.07) is 22.1. The van der Waals surface area contributed by atoms with Crippen LogP contribution in [-0.4, -0.2) is 15.6 Å². The van der Waals surface area contributed by atoms with E-state index in [1.165, 1.54) is 5.56 Å². The van der Waals surface area contributed by atoms with E-state index in [0.717, 1.165) is 29.3 Å². The number of pyridine rings is 1. The van der Waals surface area contributed by atoms with Gasteiger partial charge >= 0.3 is 6.09 Å². The van der Waals surface area contributed by atoms with Crippen molar-refractivity contribution >= 4 is 22.7 Å². The number of hydrogen-bond donors (Lipinski definition) is 1. The van der Waals surface area contributed by atoms with Gasteiger partial charge in [-0.15, -0.1) is 0 Å². The molecule has 1 atom stereocenters. The first-order chi connectivity index (χ1) is 14.7. The Kier molecular flexibility index (Phi) is 6.09. The van der Waals surface area contributed by atoms with Gasteiger partial charge in [-0.2, -0.15) is 0 Å². The molecule has 2 heterocycles. The highest BCUT2D eigenvalue weighted by atomic mass is 16.5. The van der Waals surface area contributed by atoms with Crippen LogP contribution in [0.15, 0.2) is 85.3 Å². The van der Waals surface area contributed by atoms with E-state index in [-0.39, 0.29) is 12.6 Å². The Labute approximate surface area is 176 Å². The van der Waals surface area contributed by atoms with Crippen LogP contribution in [0.5, 0.6) is 0 Å². The SMILES string of the molecule is CCCC(c1ccncc1)n1ccc2cc(NC(=O)OCc3ccccc3)ccc21. The van der Waals surface area contributed by atoms with E-state index in [9.17, 15) is 4.79 Å². The van der Waals surface area contributed by atoms with E-state index in [0.29, 0.717) is 5.69 Å². The third-order valence-electron chi connectivity index (χ3n) is 5.17. The minimum absolute atomic E-state index is 0.246. The van der Waals surface area contributed by atoms with E-state index in [1.54, 1.807) is 0 Å². The highest BCUT2D eigenvalue weighted by Gasteiger charge is 2.15. The molecule has 5 heteroatoms. The maximum atomic E-state index is 12.2. The van der Waals surface area contributed by atoms with Crippen molar-refractivity contribution < 1.29 is 9.53 Å². The van der Waals surface area contributed by atoms with Gasteiger partial charge in [0.2, 0.25) is 0 Å². The lowest BCUT2D eigenvalue weighted by molar-refractivity contribution is 0.155. The third kappa shape index (κ3) is 4.51. The number of aromatic nitrogens is 2. The van der Waals surface area contributed by atoms with E-state index in [1.807, 2.05) is 60.9 Å². The summed E-state index contributed by atoms with van der Waals surface area (Å²) in [6.07, 6.45) is 7.46. The molecule has 0 saturated heterocycles. The van der Waals surface area contributed by atoms with Crippen molar-refractivity contribution in [3.8, 4) is 0 Å². The number of carbonyl (C=O) groups is 1. The summed E-state index contributed by atoms with van der Waals surface area (Å²) >= 11 is 0. The van der Waals surface area contributed by atoms with Gasteiger partial charge < -0.3 is 9.30 Å². The second-order valence-corrected chi connectivity index (χ2v) is 7.27. The molecular weight excluding hydrogens is 374 g/mol. The Morgan fingerprint density at radius 3 is 2.63 bits per heavy atom. The van der Waals surface area contributed by atoms with Crippen LogP contribution in [0, 0.1) is 0 Å². The quantitative estimate of drug-likeness (QED) is 0.404. The van der Waals surface area contributed by atoms with E-state index in [2.05, 4.69) is 46.2 Å². The van der Waals surface area contributed by atoms with E-state index < -0.39 is 6.09 Å². The Hall–Kier alpha value is -3.60. The summed E-state index contributed by atoms with van der Waals surface area (Å²) in [5.74, 6) is 0. The summed E-state index contributed by atoms with van der Waals surface area (Å²) < 4.78 is 7.61. The normalized spacial score (nSPS) is 11.9. The molecule has 4 aromatic rings. The largest absolute Gasteiger partial charge is 0.444 e. The lowest BCUT2D eigenvalue weighted by Crippen LogP contribution is -2.13. The van der Waals surface area contributed by atoms with Gasteiger partial charge in [0.1, 0.15) is 6.61 Å². The van der Waals surface area contributed by atoms with Gasteiger partial charge in [-0.3, -0.25) is 10.3 Å². The van der Waals surface area contributed by atoms with Crippen LogP contribution in [0.25, 0.3) is 10.9 Å². The summed E-state index contributed by atoms with van der Waals surface area (Å²) in [5, 5.41) is 3.90. The molecule has 152 valence electrons. The lowest BCUT2D eigenvalue weighted by atomic mass is 10.0. The summed E-state index contributed by atoms with van der Waals surface area (Å²) in [5.41, 5.74) is 4.05. The number of benzene rings is 2. The van der Waals surface area contributed by atoms with Crippen LogP contribution in [0.2, 0.25) is 0 Å². The molecule has 0 aliphatic heterocycles. The fourth-order valence-electron chi connectivity index (χ4n) is 3.72. The predicted octanol–water partition coefficient (Wildman–Crippen LogP) is 6.17. The zero-order valence-electron chi connectivity index (χ0n) is 17.0. The molecule has 0 aliphatic rings. The van der Waals surface area contributed by atoms with Gasteiger partial charge in [-0.1, -0.05) is 43.7 Å². The maximum Gasteiger partial charge on any atom is 0.411 e. The molecule has 2 aromatic carbocycles. The average molecular weight is 399 g/mol. The number of anilines is 1. The van der Waals surface area contributed by atoms with Gasteiger partial charge in [0.05, 0.1) is 6.04 Å². The summed E-state index contributed by atoms with van der Waals surface area (Å²) in [7, 11) is 0. The monoisotopic (exact) mass is 399 g/mol. The number of rotatable bonds is 7. The summed E-state index contributed by atoms with van der Waals surface area (Å²) in [6.45, 7) is 2.44.